The molecule has 3 N–H and O–H groups in total. The fourth-order valence-corrected chi connectivity index (χ4v) is 2.37. The molecule has 0 spiro atoms. The van der Waals surface area contributed by atoms with Crippen LogP contribution in [0.4, 0.5) is 10.5 Å². The standard InChI is InChI=1S/C15H16N4O3/c1-19-8-11(7-17-19)18-14(20)10-4-2-9(3-5-10)12-6-13(12)22-15(16)21/h2-5,7-8,12-13H,6H2,1H3,(H2,16,21)(H,18,20)/t12-,13+/m0/s1. The van der Waals surface area contributed by atoms with Gasteiger partial charge < -0.3 is 15.8 Å². The van der Waals surface area contributed by atoms with Crippen molar-refractivity contribution in [1.82, 2.24) is 9.78 Å². The van der Waals surface area contributed by atoms with Gasteiger partial charge in [-0.05, 0) is 24.1 Å². The molecule has 114 valence electrons. The first-order valence-electron chi connectivity index (χ1n) is 6.89. The van der Waals surface area contributed by atoms with Gasteiger partial charge in [0.25, 0.3) is 5.91 Å². The number of nitrogens with two attached hydrogens (primary N) is 1. The highest BCUT2D eigenvalue weighted by atomic mass is 16.6. The molecular formula is C15H16N4O3. The number of carbonyl (C=O) groups excluding carboxylic acids is 2. The van der Waals surface area contributed by atoms with E-state index in [0.29, 0.717) is 11.3 Å². The Kier molecular flexibility index (Phi) is 3.54. The van der Waals surface area contributed by atoms with E-state index in [0.717, 1.165) is 12.0 Å². The highest BCUT2D eigenvalue weighted by Gasteiger charge is 2.41. The lowest BCUT2D eigenvalue weighted by Crippen LogP contribution is -2.15. The fourth-order valence-electron chi connectivity index (χ4n) is 2.37. The topological polar surface area (TPSA) is 99.2 Å². The third-order valence-corrected chi connectivity index (χ3v) is 3.56. The summed E-state index contributed by atoms with van der Waals surface area (Å²) in [4.78, 5) is 22.8. The van der Waals surface area contributed by atoms with Crippen molar-refractivity contribution in [3.05, 3.63) is 47.8 Å². The van der Waals surface area contributed by atoms with E-state index in [2.05, 4.69) is 10.4 Å². The van der Waals surface area contributed by atoms with E-state index in [4.69, 9.17) is 10.5 Å². The Balaban J connectivity index is 1.62. The number of hydrogen-bond acceptors (Lipinski definition) is 4. The van der Waals surface area contributed by atoms with Gasteiger partial charge in [0.2, 0.25) is 0 Å². The average molecular weight is 300 g/mol. The van der Waals surface area contributed by atoms with Gasteiger partial charge in [0.15, 0.2) is 0 Å². The number of nitrogens with zero attached hydrogens (tertiary/aromatic N) is 2. The lowest BCUT2D eigenvalue weighted by atomic mass is 10.1. The van der Waals surface area contributed by atoms with Gasteiger partial charge in [0.05, 0.1) is 11.9 Å². The first-order valence-corrected chi connectivity index (χ1v) is 6.89. The van der Waals surface area contributed by atoms with Crippen LogP contribution >= 0.6 is 0 Å². The number of primary amides is 1. The molecule has 1 aromatic carbocycles. The Labute approximate surface area is 127 Å². The molecule has 0 radical (unpaired) electrons. The molecular weight excluding hydrogens is 284 g/mol. The molecule has 0 bridgehead atoms. The molecule has 7 nitrogen and oxygen atoms in total. The Morgan fingerprint density at radius 1 is 1.36 bits per heavy atom. The van der Waals surface area contributed by atoms with Crippen molar-refractivity contribution in [1.29, 1.82) is 0 Å². The first kappa shape index (κ1) is 14.1. The third kappa shape index (κ3) is 3.08. The maximum Gasteiger partial charge on any atom is 0.404 e. The zero-order chi connectivity index (χ0) is 15.7. The number of nitrogens with one attached hydrogen (secondary N) is 1. The SMILES string of the molecule is Cn1cc(NC(=O)c2ccc([C@@H]3C[C@H]3OC(N)=O)cc2)cn1. The van der Waals surface area contributed by atoms with Crippen molar-refractivity contribution in [2.75, 3.05) is 5.32 Å². The first-order chi connectivity index (χ1) is 10.5. The van der Waals surface area contributed by atoms with E-state index in [1.165, 1.54) is 0 Å². The van der Waals surface area contributed by atoms with Crippen molar-refractivity contribution >= 4 is 17.7 Å². The molecule has 2 atom stereocenters. The minimum atomic E-state index is -0.750. The van der Waals surface area contributed by atoms with E-state index >= 15 is 0 Å². The summed E-state index contributed by atoms with van der Waals surface area (Å²) < 4.78 is 6.55. The normalized spacial score (nSPS) is 19.5. The molecule has 1 saturated carbocycles. The van der Waals surface area contributed by atoms with Crippen LogP contribution in [0.1, 0.15) is 28.3 Å². The monoisotopic (exact) mass is 300 g/mol. The number of anilines is 1. The van der Waals surface area contributed by atoms with Gasteiger partial charge in [-0.2, -0.15) is 5.10 Å². The molecule has 2 amide bonds. The molecule has 3 rings (SSSR count). The summed E-state index contributed by atoms with van der Waals surface area (Å²) in [5.41, 5.74) is 7.23. The van der Waals surface area contributed by atoms with Crippen LogP contribution < -0.4 is 11.1 Å². The number of hydrogen-bond donors (Lipinski definition) is 2. The van der Waals surface area contributed by atoms with Crippen LogP contribution in [0.3, 0.4) is 0 Å². The second kappa shape index (κ2) is 5.51. The van der Waals surface area contributed by atoms with E-state index < -0.39 is 6.09 Å². The van der Waals surface area contributed by atoms with Crippen molar-refractivity contribution in [3.63, 3.8) is 0 Å². The molecule has 1 heterocycles. The molecule has 0 aliphatic heterocycles. The van der Waals surface area contributed by atoms with Gasteiger partial charge in [0, 0.05) is 24.7 Å². The van der Waals surface area contributed by atoms with Crippen LogP contribution in [0.2, 0.25) is 0 Å². The molecule has 2 aromatic rings. The molecule has 1 fully saturated rings. The molecule has 1 aliphatic rings. The molecule has 22 heavy (non-hydrogen) atoms. The summed E-state index contributed by atoms with van der Waals surface area (Å²) in [5, 5.41) is 6.76. The summed E-state index contributed by atoms with van der Waals surface area (Å²) in [5.74, 6) is -0.0248. The van der Waals surface area contributed by atoms with Crippen molar-refractivity contribution in [2.24, 2.45) is 12.8 Å². The highest BCUT2D eigenvalue weighted by Crippen LogP contribution is 2.43. The summed E-state index contributed by atoms with van der Waals surface area (Å²) in [7, 11) is 1.78. The van der Waals surface area contributed by atoms with Crippen molar-refractivity contribution < 1.29 is 14.3 Å². The van der Waals surface area contributed by atoms with Gasteiger partial charge in [0.1, 0.15) is 6.10 Å². The Bertz CT molecular complexity index is 708. The van der Waals surface area contributed by atoms with Crippen LogP contribution in [0.15, 0.2) is 36.7 Å². The molecule has 7 heteroatoms. The van der Waals surface area contributed by atoms with Gasteiger partial charge in [-0.1, -0.05) is 12.1 Å². The predicted molar refractivity (Wildman–Crippen MR) is 79.4 cm³/mol. The Morgan fingerprint density at radius 3 is 2.68 bits per heavy atom. The van der Waals surface area contributed by atoms with E-state index in [9.17, 15) is 9.59 Å². The number of rotatable bonds is 4. The molecule has 1 aromatic heterocycles. The van der Waals surface area contributed by atoms with Crippen LogP contribution in [-0.2, 0) is 11.8 Å². The summed E-state index contributed by atoms with van der Waals surface area (Å²) in [6.07, 6.45) is 3.18. The van der Waals surface area contributed by atoms with E-state index in [1.807, 2.05) is 12.1 Å². The minimum absolute atomic E-state index is 0.146. The lowest BCUT2D eigenvalue weighted by Gasteiger charge is -2.05. The highest BCUT2D eigenvalue weighted by molar-refractivity contribution is 6.04. The summed E-state index contributed by atoms with van der Waals surface area (Å²) >= 11 is 0. The third-order valence-electron chi connectivity index (χ3n) is 3.56. The number of aryl methyl sites for hydroxylation is 1. The van der Waals surface area contributed by atoms with Gasteiger partial charge in [-0.3, -0.25) is 9.48 Å². The number of aromatic nitrogens is 2. The van der Waals surface area contributed by atoms with Crippen LogP contribution in [0.5, 0.6) is 0 Å². The predicted octanol–water partition coefficient (Wildman–Crippen LogP) is 1.62. The zero-order valence-corrected chi connectivity index (χ0v) is 12.0. The van der Waals surface area contributed by atoms with Crippen LogP contribution in [0, 0.1) is 0 Å². The van der Waals surface area contributed by atoms with Crippen molar-refractivity contribution in [3.8, 4) is 0 Å². The maximum atomic E-state index is 12.1. The number of benzene rings is 1. The van der Waals surface area contributed by atoms with Gasteiger partial charge >= 0.3 is 6.09 Å². The van der Waals surface area contributed by atoms with Gasteiger partial charge in [-0.25, -0.2) is 4.79 Å². The Morgan fingerprint density at radius 2 is 2.09 bits per heavy atom. The lowest BCUT2D eigenvalue weighted by molar-refractivity contribution is 0.102. The van der Waals surface area contributed by atoms with E-state index in [1.54, 1.807) is 36.3 Å². The fraction of sp³-hybridized carbons (Fsp3) is 0.267. The maximum absolute atomic E-state index is 12.1. The number of ether oxygens (including phenoxy) is 1. The number of carbonyl (C=O) groups is 2. The smallest absolute Gasteiger partial charge is 0.404 e. The second-order valence-corrected chi connectivity index (χ2v) is 5.30. The molecule has 1 aliphatic carbocycles. The average Bonchev–Trinajstić information content (AvgIpc) is 3.11. The number of amides is 2. The minimum Gasteiger partial charge on any atom is -0.446 e. The van der Waals surface area contributed by atoms with Gasteiger partial charge in [-0.15, -0.1) is 0 Å². The summed E-state index contributed by atoms with van der Waals surface area (Å²) in [6.45, 7) is 0. The second-order valence-electron chi connectivity index (χ2n) is 5.30. The molecule has 0 saturated heterocycles. The molecule has 0 unspecified atom stereocenters. The van der Waals surface area contributed by atoms with E-state index in [-0.39, 0.29) is 17.9 Å². The largest absolute Gasteiger partial charge is 0.446 e. The van der Waals surface area contributed by atoms with Crippen molar-refractivity contribution in [2.45, 2.75) is 18.4 Å². The Hall–Kier alpha value is -2.83. The summed E-state index contributed by atoms with van der Waals surface area (Å²) in [6, 6.07) is 7.24. The van der Waals surface area contributed by atoms with Crippen LogP contribution in [-0.4, -0.2) is 27.9 Å². The quantitative estimate of drug-likeness (QED) is 0.896. The van der Waals surface area contributed by atoms with Crippen LogP contribution in [0.25, 0.3) is 0 Å². The zero-order valence-electron chi connectivity index (χ0n) is 12.0.